The quantitative estimate of drug-likeness (QED) is 0.401. The molecule has 2 unspecified atom stereocenters. The van der Waals surface area contributed by atoms with Gasteiger partial charge in [0.2, 0.25) is 5.91 Å². The van der Waals surface area contributed by atoms with Crippen LogP contribution in [0.2, 0.25) is 0 Å². The van der Waals surface area contributed by atoms with Crippen LogP contribution >= 0.6 is 0 Å². The first kappa shape index (κ1) is 28.2. The van der Waals surface area contributed by atoms with Gasteiger partial charge in [0.15, 0.2) is 5.78 Å². The van der Waals surface area contributed by atoms with Crippen molar-refractivity contribution >= 4 is 17.6 Å². The molecule has 218 valence electrons. The van der Waals surface area contributed by atoms with E-state index in [1.54, 1.807) is 24.3 Å². The van der Waals surface area contributed by atoms with Gasteiger partial charge in [-0.3, -0.25) is 14.4 Å². The third-order valence-electron chi connectivity index (χ3n) is 12.3. The van der Waals surface area contributed by atoms with Gasteiger partial charge in [-0.05, 0) is 97.5 Å². The number of nitrogens with zero attached hydrogens (tertiary/aromatic N) is 1. The normalized spacial score (nSPS) is 35.2. The molecule has 5 heteroatoms. The van der Waals surface area contributed by atoms with E-state index < -0.39 is 0 Å². The third-order valence-corrected chi connectivity index (χ3v) is 12.3. The fourth-order valence-corrected chi connectivity index (χ4v) is 10.2. The van der Waals surface area contributed by atoms with Gasteiger partial charge in [0.1, 0.15) is 0 Å². The van der Waals surface area contributed by atoms with Crippen molar-refractivity contribution in [2.45, 2.75) is 78.2 Å². The van der Waals surface area contributed by atoms with Crippen molar-refractivity contribution in [1.29, 1.82) is 0 Å². The molecular formula is C36H46N2O3. The van der Waals surface area contributed by atoms with Gasteiger partial charge < -0.3 is 10.2 Å². The number of benzene rings is 2. The van der Waals surface area contributed by atoms with Gasteiger partial charge in [0.05, 0.1) is 0 Å². The maximum Gasteiger partial charge on any atom is 0.251 e. The van der Waals surface area contributed by atoms with E-state index in [1.807, 2.05) is 37.4 Å². The molecule has 1 aliphatic heterocycles. The first-order valence-electron chi connectivity index (χ1n) is 15.9. The molecule has 2 aromatic rings. The molecule has 0 radical (unpaired) electrons. The number of hydrogen-bond donors (Lipinski definition) is 1. The van der Waals surface area contributed by atoms with E-state index in [2.05, 4.69) is 31.0 Å². The topological polar surface area (TPSA) is 66.5 Å². The number of nitrogens with one attached hydrogen (secondary N) is 1. The van der Waals surface area contributed by atoms with Crippen molar-refractivity contribution in [3.05, 3.63) is 71.3 Å². The zero-order chi connectivity index (χ0) is 28.9. The van der Waals surface area contributed by atoms with E-state index in [0.717, 1.165) is 30.6 Å². The zero-order valence-corrected chi connectivity index (χ0v) is 25.2. The number of likely N-dealkylation sites (tertiary alicyclic amines) is 1. The summed E-state index contributed by atoms with van der Waals surface area (Å²) in [6.07, 6.45) is 9.25. The predicted molar refractivity (Wildman–Crippen MR) is 161 cm³/mol. The molecule has 2 aromatic carbocycles. The molecule has 4 aliphatic rings. The van der Waals surface area contributed by atoms with Crippen LogP contribution in [0.5, 0.6) is 0 Å². The number of fused-ring (bicyclic) bond motifs is 5. The molecule has 1 N–H and O–H groups in total. The van der Waals surface area contributed by atoms with Gasteiger partial charge >= 0.3 is 0 Å². The summed E-state index contributed by atoms with van der Waals surface area (Å²) in [5, 5.41) is 3.22. The molecular weight excluding hydrogens is 508 g/mol. The fraction of sp³-hybridized carbons (Fsp3) is 0.583. The number of hydrogen-bond acceptors (Lipinski definition) is 3. The van der Waals surface area contributed by atoms with Crippen molar-refractivity contribution in [3.63, 3.8) is 0 Å². The Kier molecular flexibility index (Phi) is 7.36. The molecule has 2 amide bonds. The third kappa shape index (κ3) is 4.73. The van der Waals surface area contributed by atoms with Crippen molar-refractivity contribution in [1.82, 2.24) is 10.2 Å². The minimum Gasteiger partial charge on any atom is -0.352 e. The first-order chi connectivity index (χ1) is 19.6. The smallest absolute Gasteiger partial charge is 0.251 e. The number of amides is 2. The summed E-state index contributed by atoms with van der Waals surface area (Å²) in [5.41, 5.74) is 2.42. The summed E-state index contributed by atoms with van der Waals surface area (Å²) in [7, 11) is 2.04. The maximum absolute atomic E-state index is 13.1. The van der Waals surface area contributed by atoms with Gasteiger partial charge in [-0.25, -0.2) is 0 Å². The average molecular weight is 555 g/mol. The number of ketones is 1. The molecule has 1 heterocycles. The highest BCUT2D eigenvalue weighted by Gasteiger charge is 2.61. The molecule has 4 fully saturated rings. The van der Waals surface area contributed by atoms with E-state index in [9.17, 15) is 14.4 Å². The van der Waals surface area contributed by atoms with Crippen molar-refractivity contribution in [2.75, 3.05) is 13.6 Å². The Morgan fingerprint density at radius 3 is 2.24 bits per heavy atom. The Morgan fingerprint density at radius 2 is 1.51 bits per heavy atom. The summed E-state index contributed by atoms with van der Waals surface area (Å²) >= 11 is 0. The number of carbonyl (C=O) groups is 3. The van der Waals surface area contributed by atoms with Crippen molar-refractivity contribution in [3.8, 4) is 0 Å². The van der Waals surface area contributed by atoms with E-state index in [1.165, 1.54) is 32.1 Å². The SMILES string of the molecule is CC(CNC(=O)c1ccc(C(=O)c2ccccc2)cc1)[C@H]1CC[C@H]2[C@@H]3CCC4N(C)C(=O)CC[C@]4(C)[C@H]3CC[C@]12C. The maximum atomic E-state index is 13.1. The molecule has 0 aromatic heterocycles. The van der Waals surface area contributed by atoms with Crippen LogP contribution in [-0.4, -0.2) is 42.1 Å². The summed E-state index contributed by atoms with van der Waals surface area (Å²) in [6.45, 7) is 8.05. The predicted octanol–water partition coefficient (Wildman–Crippen LogP) is 6.76. The molecule has 5 nitrogen and oxygen atoms in total. The van der Waals surface area contributed by atoms with Crippen LogP contribution < -0.4 is 5.32 Å². The Hall–Kier alpha value is -2.95. The fourth-order valence-electron chi connectivity index (χ4n) is 10.2. The lowest BCUT2D eigenvalue weighted by Gasteiger charge is -2.62. The lowest BCUT2D eigenvalue weighted by molar-refractivity contribution is -0.158. The van der Waals surface area contributed by atoms with Crippen LogP contribution in [0, 0.1) is 40.4 Å². The average Bonchev–Trinajstić information content (AvgIpc) is 3.35. The summed E-state index contributed by atoms with van der Waals surface area (Å²) in [4.78, 5) is 40.4. The Labute approximate surface area is 245 Å². The molecule has 3 aliphatic carbocycles. The van der Waals surface area contributed by atoms with E-state index in [-0.39, 0.29) is 17.1 Å². The van der Waals surface area contributed by atoms with E-state index >= 15 is 0 Å². The molecule has 0 spiro atoms. The highest BCUT2D eigenvalue weighted by molar-refractivity contribution is 6.09. The summed E-state index contributed by atoms with van der Waals surface area (Å²) in [5.74, 6) is 3.49. The van der Waals surface area contributed by atoms with Crippen LogP contribution in [0.15, 0.2) is 54.6 Å². The largest absolute Gasteiger partial charge is 0.352 e. The van der Waals surface area contributed by atoms with Gasteiger partial charge in [0, 0.05) is 42.7 Å². The second kappa shape index (κ2) is 10.7. The van der Waals surface area contributed by atoms with Crippen LogP contribution in [0.3, 0.4) is 0 Å². The van der Waals surface area contributed by atoms with Gasteiger partial charge in [-0.2, -0.15) is 0 Å². The Bertz CT molecular complexity index is 1310. The zero-order valence-electron chi connectivity index (χ0n) is 25.2. The summed E-state index contributed by atoms with van der Waals surface area (Å²) < 4.78 is 0. The second-order valence-corrected chi connectivity index (χ2v) is 14.2. The lowest BCUT2D eigenvalue weighted by atomic mass is 9.46. The number of piperidine rings is 1. The highest BCUT2D eigenvalue weighted by atomic mass is 16.2. The molecule has 3 saturated carbocycles. The molecule has 8 atom stereocenters. The van der Waals surface area contributed by atoms with Gasteiger partial charge in [-0.1, -0.05) is 63.2 Å². The number of carbonyl (C=O) groups excluding carboxylic acids is 3. The monoisotopic (exact) mass is 554 g/mol. The summed E-state index contributed by atoms with van der Waals surface area (Å²) in [6, 6.07) is 16.7. The lowest BCUT2D eigenvalue weighted by Crippen LogP contribution is -2.61. The van der Waals surface area contributed by atoms with Gasteiger partial charge in [0.25, 0.3) is 5.91 Å². The number of rotatable bonds is 6. The van der Waals surface area contributed by atoms with Gasteiger partial charge in [-0.15, -0.1) is 0 Å². The minimum absolute atomic E-state index is 0.0311. The second-order valence-electron chi connectivity index (χ2n) is 14.2. The van der Waals surface area contributed by atoms with Crippen LogP contribution in [-0.2, 0) is 4.79 Å². The van der Waals surface area contributed by atoms with E-state index in [4.69, 9.17) is 0 Å². The Morgan fingerprint density at radius 1 is 0.854 bits per heavy atom. The van der Waals surface area contributed by atoms with Crippen molar-refractivity contribution in [2.24, 2.45) is 40.4 Å². The Balaban J connectivity index is 1.08. The molecule has 1 saturated heterocycles. The van der Waals surface area contributed by atoms with Crippen LogP contribution in [0.1, 0.15) is 98.4 Å². The minimum atomic E-state index is -0.0684. The standard InChI is InChI=1S/C36H46N2O3/c1-23(22-37-34(41)26-12-10-25(11-13-26)33(40)24-8-6-5-7-9-24)28-15-16-29-27-14-17-31-36(3,21-19-32(39)38(31)4)30(27)18-20-35(28,29)2/h5-13,23,27-31H,14-22H2,1-4H3,(H,37,41)/t23?,27-,28+,29-,30-,31?,35+,36+/m0/s1. The molecule has 41 heavy (non-hydrogen) atoms. The first-order valence-corrected chi connectivity index (χ1v) is 15.9. The highest BCUT2D eigenvalue weighted by Crippen LogP contribution is 2.67. The van der Waals surface area contributed by atoms with Crippen LogP contribution in [0.25, 0.3) is 0 Å². The van der Waals surface area contributed by atoms with Crippen LogP contribution in [0.4, 0.5) is 0 Å². The van der Waals surface area contributed by atoms with E-state index in [0.29, 0.717) is 58.9 Å². The molecule has 0 bridgehead atoms. The molecule has 6 rings (SSSR count). The van der Waals surface area contributed by atoms with Crippen molar-refractivity contribution < 1.29 is 14.4 Å².